The number of H-pyrrole nitrogens is 1. The fraction of sp³-hybridized carbons (Fsp3) is 0.176. The lowest BCUT2D eigenvalue weighted by atomic mass is 10.1. The second-order valence-electron chi connectivity index (χ2n) is 4.93. The predicted octanol–water partition coefficient (Wildman–Crippen LogP) is 3.06. The van der Waals surface area contributed by atoms with Gasteiger partial charge in [-0.3, -0.25) is 9.78 Å². The van der Waals surface area contributed by atoms with E-state index in [4.69, 9.17) is 0 Å². The fourth-order valence-electron chi connectivity index (χ4n) is 2.41. The molecule has 2 aromatic heterocycles. The second kappa shape index (κ2) is 5.79. The van der Waals surface area contributed by atoms with Crippen LogP contribution in [0, 0.1) is 0 Å². The summed E-state index contributed by atoms with van der Waals surface area (Å²) < 4.78 is 0. The van der Waals surface area contributed by atoms with Crippen molar-refractivity contribution >= 4 is 16.8 Å². The summed E-state index contributed by atoms with van der Waals surface area (Å²) in [5.41, 5.74) is 3.79. The van der Waals surface area contributed by atoms with Gasteiger partial charge >= 0.3 is 0 Å². The molecule has 0 aliphatic heterocycles. The third-order valence-electron chi connectivity index (χ3n) is 3.60. The van der Waals surface area contributed by atoms with Gasteiger partial charge in [-0.05, 0) is 42.3 Å². The van der Waals surface area contributed by atoms with E-state index in [9.17, 15) is 4.79 Å². The highest BCUT2D eigenvalue weighted by atomic mass is 16.1. The molecule has 1 amide bonds. The molecular formula is C17H17N3O. The molecule has 3 aromatic rings. The number of aryl methyl sites for hydroxylation is 1. The van der Waals surface area contributed by atoms with Crippen molar-refractivity contribution in [1.82, 2.24) is 15.3 Å². The highest BCUT2D eigenvalue weighted by Gasteiger charge is 2.08. The van der Waals surface area contributed by atoms with Crippen molar-refractivity contribution in [2.45, 2.75) is 19.9 Å². The van der Waals surface area contributed by atoms with E-state index >= 15 is 0 Å². The first-order valence-corrected chi connectivity index (χ1v) is 7.06. The molecule has 4 nitrogen and oxygen atoms in total. The minimum atomic E-state index is -0.0780. The number of carbonyl (C=O) groups is 1. The van der Waals surface area contributed by atoms with Gasteiger partial charge in [-0.1, -0.05) is 13.0 Å². The quantitative estimate of drug-likeness (QED) is 0.771. The molecule has 0 spiro atoms. The van der Waals surface area contributed by atoms with Crippen LogP contribution in [0.5, 0.6) is 0 Å². The molecule has 0 atom stereocenters. The predicted molar refractivity (Wildman–Crippen MR) is 83.1 cm³/mol. The Morgan fingerprint density at radius 1 is 1.29 bits per heavy atom. The molecule has 0 saturated carbocycles. The van der Waals surface area contributed by atoms with Gasteiger partial charge in [0.2, 0.25) is 0 Å². The fourth-order valence-corrected chi connectivity index (χ4v) is 2.41. The largest absolute Gasteiger partial charge is 0.361 e. The minimum absolute atomic E-state index is 0.0780. The van der Waals surface area contributed by atoms with Crippen molar-refractivity contribution in [3.63, 3.8) is 0 Å². The summed E-state index contributed by atoms with van der Waals surface area (Å²) in [6.45, 7) is 2.54. The van der Waals surface area contributed by atoms with Crippen LogP contribution in [-0.4, -0.2) is 15.9 Å². The molecule has 3 rings (SSSR count). The van der Waals surface area contributed by atoms with Crippen LogP contribution in [0.1, 0.15) is 28.5 Å². The van der Waals surface area contributed by atoms with E-state index in [0.717, 1.165) is 23.0 Å². The average Bonchev–Trinajstić information content (AvgIpc) is 3.00. The highest BCUT2D eigenvalue weighted by Crippen LogP contribution is 2.14. The van der Waals surface area contributed by atoms with Crippen LogP contribution < -0.4 is 5.32 Å². The lowest BCUT2D eigenvalue weighted by Crippen LogP contribution is -2.23. The Balaban J connectivity index is 1.74. The Morgan fingerprint density at radius 2 is 2.19 bits per heavy atom. The number of nitrogens with zero attached hydrogens (tertiary/aromatic N) is 1. The topological polar surface area (TPSA) is 57.8 Å². The number of nitrogens with one attached hydrogen (secondary N) is 2. The van der Waals surface area contributed by atoms with Crippen LogP contribution in [0.25, 0.3) is 10.9 Å². The molecule has 21 heavy (non-hydrogen) atoms. The Kier molecular flexibility index (Phi) is 3.69. The Bertz CT molecular complexity index is 776. The molecule has 0 radical (unpaired) electrons. The number of fused-ring (bicyclic) bond motifs is 1. The minimum Gasteiger partial charge on any atom is -0.361 e. The van der Waals surface area contributed by atoms with Crippen LogP contribution >= 0.6 is 0 Å². The van der Waals surface area contributed by atoms with Crippen LogP contribution in [-0.2, 0) is 13.0 Å². The van der Waals surface area contributed by atoms with Gasteiger partial charge < -0.3 is 10.3 Å². The molecule has 0 bridgehead atoms. The number of aromatic amines is 1. The zero-order valence-electron chi connectivity index (χ0n) is 11.9. The SMILES string of the molecule is CCc1cccnc1CNC(=O)c1ccc2[nH]ccc2c1. The van der Waals surface area contributed by atoms with Gasteiger partial charge in [0.25, 0.3) is 5.91 Å². The molecule has 2 N–H and O–H groups in total. The molecule has 1 aromatic carbocycles. The molecule has 4 heteroatoms. The summed E-state index contributed by atoms with van der Waals surface area (Å²) in [6.07, 6.45) is 4.54. The maximum Gasteiger partial charge on any atom is 0.251 e. The van der Waals surface area contributed by atoms with E-state index in [2.05, 4.69) is 22.2 Å². The van der Waals surface area contributed by atoms with Crippen LogP contribution in [0.3, 0.4) is 0 Å². The first-order valence-electron chi connectivity index (χ1n) is 7.06. The monoisotopic (exact) mass is 279 g/mol. The van der Waals surface area contributed by atoms with Crippen molar-refractivity contribution in [3.05, 3.63) is 65.6 Å². The molecule has 2 heterocycles. The highest BCUT2D eigenvalue weighted by molar-refractivity contribution is 5.98. The van der Waals surface area contributed by atoms with Crippen LogP contribution in [0.2, 0.25) is 0 Å². The van der Waals surface area contributed by atoms with Gasteiger partial charge in [-0.25, -0.2) is 0 Å². The van der Waals surface area contributed by atoms with Gasteiger partial charge in [0.1, 0.15) is 0 Å². The third kappa shape index (κ3) is 2.79. The standard InChI is InChI=1S/C17H17N3O/c1-2-12-4-3-8-18-16(12)11-20-17(21)14-5-6-15-13(10-14)7-9-19-15/h3-10,19H,2,11H2,1H3,(H,20,21). The molecule has 0 fully saturated rings. The second-order valence-corrected chi connectivity index (χ2v) is 4.93. The van der Waals surface area contributed by atoms with Crippen LogP contribution in [0.15, 0.2) is 48.8 Å². The molecule has 0 aliphatic carbocycles. The van der Waals surface area contributed by atoms with Gasteiger partial charge in [0, 0.05) is 28.9 Å². The lowest BCUT2D eigenvalue weighted by Gasteiger charge is -2.08. The number of carbonyl (C=O) groups excluding carboxylic acids is 1. The van der Waals surface area contributed by atoms with Gasteiger partial charge in [0.15, 0.2) is 0 Å². The van der Waals surface area contributed by atoms with Crippen molar-refractivity contribution in [2.24, 2.45) is 0 Å². The van der Waals surface area contributed by atoms with Crippen molar-refractivity contribution in [2.75, 3.05) is 0 Å². The van der Waals surface area contributed by atoms with Crippen molar-refractivity contribution in [3.8, 4) is 0 Å². The molecule has 0 saturated heterocycles. The number of hydrogen-bond donors (Lipinski definition) is 2. The Morgan fingerprint density at radius 3 is 3.05 bits per heavy atom. The lowest BCUT2D eigenvalue weighted by molar-refractivity contribution is 0.0950. The van der Waals surface area contributed by atoms with Gasteiger partial charge in [-0.15, -0.1) is 0 Å². The van der Waals surface area contributed by atoms with Crippen molar-refractivity contribution < 1.29 is 4.79 Å². The van der Waals surface area contributed by atoms with E-state index in [1.54, 1.807) is 6.20 Å². The zero-order chi connectivity index (χ0) is 14.7. The van der Waals surface area contributed by atoms with E-state index < -0.39 is 0 Å². The maximum atomic E-state index is 12.2. The van der Waals surface area contributed by atoms with Gasteiger partial charge in [-0.2, -0.15) is 0 Å². The average molecular weight is 279 g/mol. The van der Waals surface area contributed by atoms with E-state index in [1.807, 2.05) is 42.6 Å². The number of pyridine rings is 1. The summed E-state index contributed by atoms with van der Waals surface area (Å²) in [5.74, 6) is -0.0780. The summed E-state index contributed by atoms with van der Waals surface area (Å²) >= 11 is 0. The Labute approximate surface area is 123 Å². The van der Waals surface area contributed by atoms with Gasteiger partial charge in [0.05, 0.1) is 12.2 Å². The Hall–Kier alpha value is -2.62. The normalized spacial score (nSPS) is 10.7. The summed E-state index contributed by atoms with van der Waals surface area (Å²) in [4.78, 5) is 19.7. The number of benzene rings is 1. The molecule has 106 valence electrons. The van der Waals surface area contributed by atoms with Crippen LogP contribution in [0.4, 0.5) is 0 Å². The summed E-state index contributed by atoms with van der Waals surface area (Å²) in [5, 5.41) is 3.97. The van der Waals surface area contributed by atoms with E-state index in [1.165, 1.54) is 5.56 Å². The smallest absolute Gasteiger partial charge is 0.251 e. The summed E-state index contributed by atoms with van der Waals surface area (Å²) in [6, 6.07) is 11.6. The first kappa shape index (κ1) is 13.4. The zero-order valence-corrected chi connectivity index (χ0v) is 11.9. The van der Waals surface area contributed by atoms with E-state index in [-0.39, 0.29) is 5.91 Å². The van der Waals surface area contributed by atoms with Crippen molar-refractivity contribution in [1.29, 1.82) is 0 Å². The maximum absolute atomic E-state index is 12.2. The number of hydrogen-bond acceptors (Lipinski definition) is 2. The number of amides is 1. The molecular weight excluding hydrogens is 262 g/mol. The molecule has 0 aliphatic rings. The third-order valence-corrected chi connectivity index (χ3v) is 3.60. The number of aromatic nitrogens is 2. The number of rotatable bonds is 4. The first-order chi connectivity index (χ1) is 10.3. The van der Waals surface area contributed by atoms with E-state index in [0.29, 0.717) is 12.1 Å². The molecule has 0 unspecified atom stereocenters. The summed E-state index contributed by atoms with van der Waals surface area (Å²) in [7, 11) is 0.